The fourth-order valence-corrected chi connectivity index (χ4v) is 3.17. The number of aliphatic imine (C=N–C) groups is 2. The van der Waals surface area contributed by atoms with Crippen molar-refractivity contribution in [1.82, 2.24) is 4.90 Å². The van der Waals surface area contributed by atoms with Gasteiger partial charge in [-0.15, -0.1) is 0 Å². The summed E-state index contributed by atoms with van der Waals surface area (Å²) in [6, 6.07) is 9.26. The zero-order valence-corrected chi connectivity index (χ0v) is 20.1. The van der Waals surface area contributed by atoms with Crippen LogP contribution < -0.4 is 14.8 Å². The van der Waals surface area contributed by atoms with Gasteiger partial charge in [0.2, 0.25) is 0 Å². The van der Waals surface area contributed by atoms with Gasteiger partial charge in [-0.05, 0) is 37.5 Å². The maximum Gasteiger partial charge on any atom is 0.174 e. The fraction of sp³-hybridized carbons (Fsp3) is 0.360. The Labute approximate surface area is 199 Å². The summed E-state index contributed by atoms with van der Waals surface area (Å²) in [5.74, 6) is -1.84. The predicted molar refractivity (Wildman–Crippen MR) is 132 cm³/mol. The highest BCUT2D eigenvalue weighted by molar-refractivity contribution is 5.76. The van der Waals surface area contributed by atoms with Gasteiger partial charge in [0.15, 0.2) is 28.9 Å². The molecule has 0 amide bonds. The van der Waals surface area contributed by atoms with E-state index in [0.29, 0.717) is 0 Å². The van der Waals surface area contributed by atoms with Crippen LogP contribution in [0.25, 0.3) is 0 Å². The Morgan fingerprint density at radius 1 is 1.09 bits per heavy atom. The van der Waals surface area contributed by atoms with Gasteiger partial charge < -0.3 is 19.5 Å². The summed E-state index contributed by atoms with van der Waals surface area (Å²) in [4.78, 5) is 10.3. The molecule has 9 heteroatoms. The number of methoxy groups -OCH3 is 2. The number of halogens is 2. The van der Waals surface area contributed by atoms with Crippen molar-refractivity contribution in [2.45, 2.75) is 27.0 Å². The standard InChI is InChI=1S/C25H32F2N4O3/c1-6-31(7-2)15-18-9-8-10-19(11-18)30-17-29-14-20(13-28-3)34-16-21-24(26)22(32-4)12-23(33-5)25(21)27/h8-14,30H,3,6-7,15-17H2,1-2,4-5H3/b20-13+,29-14-. The second-order valence-electron chi connectivity index (χ2n) is 7.20. The van der Waals surface area contributed by atoms with Crippen LogP contribution in [-0.4, -0.2) is 51.8 Å². The van der Waals surface area contributed by atoms with Gasteiger partial charge in [-0.1, -0.05) is 26.0 Å². The lowest BCUT2D eigenvalue weighted by atomic mass is 10.1. The lowest BCUT2D eigenvalue weighted by Gasteiger charge is -2.18. The molecule has 0 spiro atoms. The van der Waals surface area contributed by atoms with E-state index in [4.69, 9.17) is 14.2 Å². The highest BCUT2D eigenvalue weighted by atomic mass is 19.1. The molecule has 0 aliphatic rings. The van der Waals surface area contributed by atoms with Crippen LogP contribution >= 0.6 is 0 Å². The molecule has 0 atom stereocenters. The van der Waals surface area contributed by atoms with Crippen molar-refractivity contribution in [2.75, 3.05) is 39.3 Å². The molecule has 0 saturated heterocycles. The van der Waals surface area contributed by atoms with E-state index in [0.717, 1.165) is 31.4 Å². The van der Waals surface area contributed by atoms with Crippen LogP contribution in [-0.2, 0) is 17.9 Å². The van der Waals surface area contributed by atoms with Crippen molar-refractivity contribution in [2.24, 2.45) is 9.98 Å². The number of anilines is 1. The second-order valence-corrected chi connectivity index (χ2v) is 7.20. The maximum absolute atomic E-state index is 14.5. The number of nitrogens with one attached hydrogen (secondary N) is 1. The van der Waals surface area contributed by atoms with Crippen molar-refractivity contribution in [3.63, 3.8) is 0 Å². The van der Waals surface area contributed by atoms with Crippen molar-refractivity contribution < 1.29 is 23.0 Å². The molecular formula is C25H32F2N4O3. The molecule has 184 valence electrons. The zero-order chi connectivity index (χ0) is 24.9. The van der Waals surface area contributed by atoms with Crippen molar-refractivity contribution in [3.05, 3.63) is 65.1 Å². The molecule has 2 rings (SSSR count). The van der Waals surface area contributed by atoms with E-state index >= 15 is 0 Å². The van der Waals surface area contributed by atoms with Crippen LogP contribution in [0.3, 0.4) is 0 Å². The molecule has 34 heavy (non-hydrogen) atoms. The third kappa shape index (κ3) is 7.55. The summed E-state index contributed by atoms with van der Waals surface area (Å²) < 4.78 is 44.5. The molecule has 2 aromatic rings. The molecule has 0 aliphatic heterocycles. The van der Waals surface area contributed by atoms with Crippen LogP contribution in [0.15, 0.2) is 52.3 Å². The molecule has 0 fully saturated rings. The normalized spacial score (nSPS) is 11.7. The molecular weight excluding hydrogens is 442 g/mol. The van der Waals surface area contributed by atoms with Gasteiger partial charge in [-0.3, -0.25) is 14.9 Å². The first kappa shape index (κ1) is 26.8. The van der Waals surface area contributed by atoms with Gasteiger partial charge in [0.1, 0.15) is 13.3 Å². The Hall–Kier alpha value is -3.46. The lowest BCUT2D eigenvalue weighted by Crippen LogP contribution is -2.22. The van der Waals surface area contributed by atoms with E-state index in [1.165, 1.54) is 32.2 Å². The van der Waals surface area contributed by atoms with E-state index in [-0.39, 0.29) is 29.5 Å². The third-order valence-electron chi connectivity index (χ3n) is 5.09. The SMILES string of the molecule is C=N/C=C(\C=N/CNc1cccc(CN(CC)CC)c1)OCc1c(F)c(OC)cc(OC)c1F. The summed E-state index contributed by atoms with van der Waals surface area (Å²) >= 11 is 0. The molecule has 0 aliphatic carbocycles. The molecule has 0 aromatic heterocycles. The minimum Gasteiger partial charge on any atom is -0.494 e. The van der Waals surface area contributed by atoms with Crippen LogP contribution in [0, 0.1) is 11.6 Å². The van der Waals surface area contributed by atoms with E-state index < -0.39 is 18.2 Å². The molecule has 2 aromatic carbocycles. The summed E-state index contributed by atoms with van der Waals surface area (Å²) in [6.45, 7) is 10.4. The smallest absolute Gasteiger partial charge is 0.174 e. The Balaban J connectivity index is 2.01. The zero-order valence-electron chi connectivity index (χ0n) is 20.1. The fourth-order valence-electron chi connectivity index (χ4n) is 3.17. The quantitative estimate of drug-likeness (QED) is 0.308. The Morgan fingerprint density at radius 2 is 1.76 bits per heavy atom. The monoisotopic (exact) mass is 474 g/mol. The van der Waals surface area contributed by atoms with Crippen molar-refractivity contribution in [1.29, 1.82) is 0 Å². The average Bonchev–Trinajstić information content (AvgIpc) is 2.85. The molecule has 0 saturated carbocycles. The van der Waals surface area contributed by atoms with Crippen LogP contribution in [0.2, 0.25) is 0 Å². The summed E-state index contributed by atoms with van der Waals surface area (Å²) in [5.41, 5.74) is 1.81. The van der Waals surface area contributed by atoms with Gasteiger partial charge in [0, 0.05) is 18.3 Å². The highest BCUT2D eigenvalue weighted by Crippen LogP contribution is 2.31. The number of rotatable bonds is 14. The molecule has 0 radical (unpaired) electrons. The van der Waals surface area contributed by atoms with Crippen LogP contribution in [0.5, 0.6) is 11.5 Å². The van der Waals surface area contributed by atoms with Gasteiger partial charge >= 0.3 is 0 Å². The van der Waals surface area contributed by atoms with Crippen molar-refractivity contribution >= 4 is 18.6 Å². The minimum atomic E-state index is -0.866. The van der Waals surface area contributed by atoms with Gasteiger partial charge in [-0.2, -0.15) is 0 Å². The van der Waals surface area contributed by atoms with Crippen LogP contribution in [0.4, 0.5) is 14.5 Å². The number of hydrogen-bond acceptors (Lipinski definition) is 7. The van der Waals surface area contributed by atoms with E-state index in [1.807, 2.05) is 12.1 Å². The molecule has 7 nitrogen and oxygen atoms in total. The van der Waals surface area contributed by atoms with Crippen molar-refractivity contribution in [3.8, 4) is 11.5 Å². The van der Waals surface area contributed by atoms with Gasteiger partial charge in [0.25, 0.3) is 0 Å². The lowest BCUT2D eigenvalue weighted by molar-refractivity contribution is 0.207. The summed E-state index contributed by atoms with van der Waals surface area (Å²) in [7, 11) is 2.57. The maximum atomic E-state index is 14.5. The molecule has 1 N–H and O–H groups in total. The number of hydrogen-bond donors (Lipinski definition) is 1. The first-order valence-electron chi connectivity index (χ1n) is 10.9. The minimum absolute atomic E-state index is 0.148. The van der Waals surface area contributed by atoms with Gasteiger partial charge in [0.05, 0.1) is 32.2 Å². The molecule has 0 unspecified atom stereocenters. The number of ether oxygens (including phenoxy) is 3. The summed E-state index contributed by atoms with van der Waals surface area (Å²) in [5, 5.41) is 3.22. The average molecular weight is 475 g/mol. The molecule has 0 heterocycles. The first-order chi connectivity index (χ1) is 16.5. The Morgan fingerprint density at radius 3 is 2.35 bits per heavy atom. The van der Waals surface area contributed by atoms with E-state index in [9.17, 15) is 8.78 Å². The largest absolute Gasteiger partial charge is 0.494 e. The third-order valence-corrected chi connectivity index (χ3v) is 5.09. The Kier molecular flexibility index (Phi) is 11.0. The van der Waals surface area contributed by atoms with Gasteiger partial charge in [-0.25, -0.2) is 8.78 Å². The number of benzene rings is 2. The highest BCUT2D eigenvalue weighted by Gasteiger charge is 2.20. The van der Waals surface area contributed by atoms with E-state index in [2.05, 4.69) is 52.9 Å². The number of allylic oxidation sites excluding steroid dienone is 1. The number of nitrogens with zero attached hydrogens (tertiary/aromatic N) is 3. The predicted octanol–water partition coefficient (Wildman–Crippen LogP) is 5.02. The summed E-state index contributed by atoms with van der Waals surface area (Å²) in [6.07, 6.45) is 2.72. The van der Waals surface area contributed by atoms with E-state index in [1.54, 1.807) is 0 Å². The first-order valence-corrected chi connectivity index (χ1v) is 10.9. The van der Waals surface area contributed by atoms with Crippen LogP contribution in [0.1, 0.15) is 25.0 Å². The Bertz CT molecular complexity index is 980. The molecule has 0 bridgehead atoms. The second kappa shape index (κ2) is 13.9. The topological polar surface area (TPSA) is 67.7 Å².